The molecule has 7 heteroatoms. The monoisotopic (exact) mass is 384 g/mol. The van der Waals surface area contributed by atoms with Crippen LogP contribution in [0.15, 0.2) is 24.3 Å². The summed E-state index contributed by atoms with van der Waals surface area (Å²) in [5.41, 5.74) is 0.313. The first-order valence-electron chi connectivity index (χ1n) is 8.65. The molecule has 2 N–H and O–H groups in total. The van der Waals surface area contributed by atoms with Crippen LogP contribution in [0.5, 0.6) is 5.75 Å². The fraction of sp³-hybridized carbons (Fsp3) is 0.632. The van der Waals surface area contributed by atoms with Gasteiger partial charge in [0, 0.05) is 11.4 Å². The molecule has 3 atom stereocenters. The molecule has 0 bridgehead atoms. The lowest BCUT2D eigenvalue weighted by atomic mass is 10.0. The van der Waals surface area contributed by atoms with Crippen LogP contribution in [0.1, 0.15) is 60.1 Å². The van der Waals surface area contributed by atoms with E-state index < -0.39 is 27.8 Å². The van der Waals surface area contributed by atoms with Crippen molar-refractivity contribution < 1.29 is 18.8 Å². The SMILES string of the molecule is COc1ccc([C@@H](N[S@+]([O-])C(C)(C)C)[C@H](C)NC(=O)OC(C)(C)C)cc1. The van der Waals surface area contributed by atoms with Crippen molar-refractivity contribution in [1.82, 2.24) is 10.0 Å². The Morgan fingerprint density at radius 1 is 1.12 bits per heavy atom. The van der Waals surface area contributed by atoms with Crippen molar-refractivity contribution >= 4 is 17.5 Å². The van der Waals surface area contributed by atoms with Crippen LogP contribution >= 0.6 is 0 Å². The smallest absolute Gasteiger partial charge is 0.407 e. The first-order chi connectivity index (χ1) is 11.8. The molecule has 0 spiro atoms. The molecule has 1 amide bonds. The molecule has 0 aliphatic heterocycles. The van der Waals surface area contributed by atoms with Gasteiger partial charge in [0.1, 0.15) is 16.1 Å². The molecule has 26 heavy (non-hydrogen) atoms. The van der Waals surface area contributed by atoms with Crippen LogP contribution in [0.25, 0.3) is 0 Å². The van der Waals surface area contributed by atoms with E-state index in [1.165, 1.54) is 0 Å². The average Bonchev–Trinajstić information content (AvgIpc) is 2.49. The van der Waals surface area contributed by atoms with E-state index in [0.29, 0.717) is 0 Å². The molecule has 1 aromatic rings. The highest BCUT2D eigenvalue weighted by molar-refractivity contribution is 7.90. The van der Waals surface area contributed by atoms with Gasteiger partial charge < -0.3 is 19.3 Å². The number of amides is 1. The quantitative estimate of drug-likeness (QED) is 0.731. The predicted octanol–water partition coefficient (Wildman–Crippen LogP) is 3.70. The van der Waals surface area contributed by atoms with Crippen LogP contribution < -0.4 is 14.8 Å². The van der Waals surface area contributed by atoms with E-state index in [0.717, 1.165) is 11.3 Å². The summed E-state index contributed by atoms with van der Waals surface area (Å²) in [5, 5.41) is 2.83. The third-order valence-electron chi connectivity index (χ3n) is 3.51. The summed E-state index contributed by atoms with van der Waals surface area (Å²) in [4.78, 5) is 12.1. The molecule has 1 aromatic carbocycles. The molecule has 0 unspecified atom stereocenters. The number of hydrogen-bond donors (Lipinski definition) is 2. The van der Waals surface area contributed by atoms with Crippen LogP contribution in [0.4, 0.5) is 4.79 Å². The Kier molecular flexibility index (Phi) is 7.80. The predicted molar refractivity (Wildman–Crippen MR) is 106 cm³/mol. The summed E-state index contributed by atoms with van der Waals surface area (Å²) < 4.78 is 25.9. The van der Waals surface area contributed by atoms with Crippen LogP contribution in [-0.4, -0.2) is 34.1 Å². The second kappa shape index (κ2) is 8.97. The molecule has 0 aliphatic rings. The number of hydrogen-bond acceptors (Lipinski definition) is 5. The lowest BCUT2D eigenvalue weighted by Crippen LogP contribution is -2.49. The maximum atomic E-state index is 12.6. The van der Waals surface area contributed by atoms with Gasteiger partial charge in [-0.2, -0.15) is 0 Å². The number of benzene rings is 1. The molecule has 0 aromatic heterocycles. The summed E-state index contributed by atoms with van der Waals surface area (Å²) in [5.74, 6) is 0.734. The molecular formula is C19H32N2O4S. The van der Waals surface area contributed by atoms with E-state index in [9.17, 15) is 9.35 Å². The number of carbonyl (C=O) groups is 1. The minimum Gasteiger partial charge on any atom is -0.598 e. The maximum absolute atomic E-state index is 12.6. The number of alkyl carbamates (subject to hydrolysis) is 1. The zero-order valence-corrected chi connectivity index (χ0v) is 17.8. The number of ether oxygens (including phenoxy) is 2. The van der Waals surface area contributed by atoms with Gasteiger partial charge in [-0.1, -0.05) is 12.1 Å². The standard InChI is InChI=1S/C19H32N2O4S/c1-13(20-17(22)25-18(2,3)4)16(21-26(23)19(5,6)7)14-9-11-15(24-8)12-10-14/h9-13,16,21H,1-8H3,(H,20,22)/t13-,16-,26+/m0/s1. The molecule has 0 saturated heterocycles. The summed E-state index contributed by atoms with van der Waals surface area (Å²) in [6.07, 6.45) is -0.508. The summed E-state index contributed by atoms with van der Waals surface area (Å²) in [7, 11) is 1.60. The third kappa shape index (κ3) is 7.43. The molecule has 148 valence electrons. The first kappa shape index (κ1) is 22.6. The zero-order chi connectivity index (χ0) is 20.1. The van der Waals surface area contributed by atoms with Gasteiger partial charge in [-0.3, -0.25) is 0 Å². The molecule has 1 rings (SSSR count). The highest BCUT2D eigenvalue weighted by Gasteiger charge is 2.33. The molecule has 6 nitrogen and oxygen atoms in total. The normalized spacial score (nSPS) is 15.7. The Hall–Kier alpha value is -1.44. The topological polar surface area (TPSA) is 82.6 Å². The van der Waals surface area contributed by atoms with Crippen LogP contribution in [0.3, 0.4) is 0 Å². The van der Waals surface area contributed by atoms with Gasteiger partial charge in [-0.05, 0) is 66.2 Å². The van der Waals surface area contributed by atoms with Crippen molar-refractivity contribution in [3.05, 3.63) is 29.8 Å². The van der Waals surface area contributed by atoms with Gasteiger partial charge in [0.15, 0.2) is 0 Å². The average molecular weight is 385 g/mol. The number of methoxy groups -OCH3 is 1. The lowest BCUT2D eigenvalue weighted by molar-refractivity contribution is 0.0500. The van der Waals surface area contributed by atoms with Gasteiger partial charge in [0.05, 0.1) is 19.2 Å². The van der Waals surface area contributed by atoms with Crippen LogP contribution in [0.2, 0.25) is 0 Å². The van der Waals surface area contributed by atoms with Gasteiger partial charge in [-0.25, -0.2) is 4.79 Å². The fourth-order valence-corrected chi connectivity index (χ4v) is 3.06. The summed E-state index contributed by atoms with van der Waals surface area (Å²) >= 11 is -1.30. The van der Waals surface area contributed by atoms with Crippen molar-refractivity contribution in [2.75, 3.05) is 7.11 Å². The van der Waals surface area contributed by atoms with Gasteiger partial charge in [-0.15, -0.1) is 4.72 Å². The van der Waals surface area contributed by atoms with Crippen molar-refractivity contribution in [3.63, 3.8) is 0 Å². The van der Waals surface area contributed by atoms with E-state index in [1.54, 1.807) is 7.11 Å². The lowest BCUT2D eigenvalue weighted by Gasteiger charge is -2.32. The van der Waals surface area contributed by atoms with Crippen molar-refractivity contribution in [2.24, 2.45) is 0 Å². The van der Waals surface area contributed by atoms with E-state index in [-0.39, 0.29) is 12.1 Å². The number of rotatable bonds is 6. The van der Waals surface area contributed by atoms with Crippen LogP contribution in [-0.2, 0) is 16.1 Å². The molecule has 0 aliphatic carbocycles. The number of nitrogens with one attached hydrogen (secondary N) is 2. The number of carbonyl (C=O) groups excluding carboxylic acids is 1. The second-order valence-corrected chi connectivity index (χ2v) is 10.2. The Morgan fingerprint density at radius 2 is 1.65 bits per heavy atom. The minimum absolute atomic E-state index is 0.343. The zero-order valence-electron chi connectivity index (χ0n) is 17.0. The van der Waals surface area contributed by atoms with Gasteiger partial charge >= 0.3 is 6.09 Å². The minimum atomic E-state index is -1.30. The highest BCUT2D eigenvalue weighted by Crippen LogP contribution is 2.24. The van der Waals surface area contributed by atoms with E-state index in [4.69, 9.17) is 9.47 Å². The van der Waals surface area contributed by atoms with Gasteiger partial charge in [0.25, 0.3) is 0 Å². The fourth-order valence-electron chi connectivity index (χ4n) is 2.14. The Morgan fingerprint density at radius 3 is 2.08 bits per heavy atom. The van der Waals surface area contributed by atoms with Gasteiger partial charge in [0.2, 0.25) is 0 Å². The second-order valence-electron chi connectivity index (χ2n) is 8.18. The molecule has 0 radical (unpaired) electrons. The van der Waals surface area contributed by atoms with Crippen LogP contribution in [0, 0.1) is 0 Å². The van der Waals surface area contributed by atoms with E-state index in [2.05, 4.69) is 10.0 Å². The molecule has 0 fully saturated rings. The maximum Gasteiger partial charge on any atom is 0.407 e. The highest BCUT2D eigenvalue weighted by atomic mass is 32.2. The van der Waals surface area contributed by atoms with Crippen molar-refractivity contribution in [1.29, 1.82) is 0 Å². The van der Waals surface area contributed by atoms with E-state index in [1.807, 2.05) is 72.7 Å². The molecule has 0 saturated carbocycles. The van der Waals surface area contributed by atoms with Crippen molar-refractivity contribution in [2.45, 2.75) is 70.9 Å². The molecule has 0 heterocycles. The Bertz CT molecular complexity index is 579. The third-order valence-corrected chi connectivity index (χ3v) is 5.09. The molecular weight excluding hydrogens is 352 g/mol. The summed E-state index contributed by atoms with van der Waals surface area (Å²) in [6, 6.07) is 6.76. The largest absolute Gasteiger partial charge is 0.598 e. The van der Waals surface area contributed by atoms with E-state index >= 15 is 0 Å². The first-order valence-corrected chi connectivity index (χ1v) is 9.80. The Labute approximate surface area is 160 Å². The summed E-state index contributed by atoms with van der Waals surface area (Å²) in [6.45, 7) is 13.0. The van der Waals surface area contributed by atoms with Crippen molar-refractivity contribution in [3.8, 4) is 5.75 Å². The Balaban J connectivity index is 3.00.